The highest BCUT2D eigenvalue weighted by Crippen LogP contribution is 2.63. The molecule has 0 aromatic rings. The topological polar surface area (TPSA) is 43.2 Å². The second kappa shape index (κ2) is 6.58. The van der Waals surface area contributed by atoms with Gasteiger partial charge in [-0.3, -0.25) is 0 Å². The van der Waals surface area contributed by atoms with Crippen LogP contribution >= 0.6 is 0 Å². The summed E-state index contributed by atoms with van der Waals surface area (Å²) in [7, 11) is 0. The Morgan fingerprint density at radius 2 is 0.879 bits per heavy atom. The summed E-state index contributed by atoms with van der Waals surface area (Å²) in [5.41, 5.74) is 0.507. The van der Waals surface area contributed by atoms with Crippen LogP contribution < -0.4 is 0 Å². The molecule has 0 aromatic carbocycles. The minimum Gasteiger partial charge on any atom is -0.478 e. The van der Waals surface area contributed by atoms with Crippen LogP contribution in [0.5, 0.6) is 0 Å². The maximum absolute atomic E-state index is 6.41. The zero-order chi connectivity index (χ0) is 22.0. The van der Waals surface area contributed by atoms with E-state index in [0.717, 1.165) is 60.5 Å². The zero-order valence-corrected chi connectivity index (χ0v) is 20.7. The van der Waals surface area contributed by atoms with E-state index < -0.39 is 0 Å². The Labute approximate surface area is 199 Å². The van der Waals surface area contributed by atoms with Crippen molar-refractivity contribution in [1.29, 1.82) is 0 Å². The Bertz CT molecular complexity index is 774. The normalized spacial score (nSPS) is 53.8. The molecule has 8 bridgehead atoms. The van der Waals surface area contributed by atoms with Crippen LogP contribution in [0.2, 0.25) is 0 Å². The predicted octanol–water partition coefficient (Wildman–Crippen LogP) is 6.04. The van der Waals surface area contributed by atoms with Gasteiger partial charge in [0.15, 0.2) is 11.8 Å². The fraction of sp³-hybridized carbons (Fsp3) is 0.931. The van der Waals surface area contributed by atoms with Crippen LogP contribution in [0.15, 0.2) is 9.98 Å². The van der Waals surface area contributed by atoms with E-state index in [1.165, 1.54) is 77.0 Å². The molecule has 0 N–H and O–H groups in total. The van der Waals surface area contributed by atoms with Crippen LogP contribution in [0.3, 0.4) is 0 Å². The van der Waals surface area contributed by atoms with Crippen LogP contribution in [0.1, 0.15) is 90.9 Å². The molecule has 4 heteroatoms. The molecule has 180 valence electrons. The summed E-state index contributed by atoms with van der Waals surface area (Å²) in [6.45, 7) is 6.07. The minimum absolute atomic E-state index is 0.339. The molecular weight excluding hydrogens is 408 g/mol. The van der Waals surface area contributed by atoms with Gasteiger partial charge < -0.3 is 9.47 Å². The molecule has 8 fully saturated rings. The standard InChI is InChI=1S/C29H42N2O2/c1-27(2,25-30-23(15-32-25)28-9-17-3-18(10-28)5-19(4-17)11-28)26-31-24(16-33-26)29-12-20-6-21(13-29)8-22(7-20)14-29/h17-24H,3-16H2,1-2H3. The Morgan fingerprint density at radius 1 is 0.576 bits per heavy atom. The first-order valence-electron chi connectivity index (χ1n) is 14.3. The summed E-state index contributed by atoms with van der Waals surface area (Å²) in [5.74, 6) is 7.61. The summed E-state index contributed by atoms with van der Waals surface area (Å²) in [4.78, 5) is 10.7. The minimum atomic E-state index is -0.339. The van der Waals surface area contributed by atoms with Crippen LogP contribution in [0, 0.1) is 51.8 Å². The predicted molar refractivity (Wildman–Crippen MR) is 129 cm³/mol. The monoisotopic (exact) mass is 450 g/mol. The second-order valence-corrected chi connectivity index (χ2v) is 14.7. The van der Waals surface area contributed by atoms with Crippen molar-refractivity contribution in [2.75, 3.05) is 13.2 Å². The van der Waals surface area contributed by atoms with Crippen molar-refractivity contribution in [2.24, 2.45) is 61.7 Å². The zero-order valence-electron chi connectivity index (χ0n) is 20.7. The molecule has 2 unspecified atom stereocenters. The largest absolute Gasteiger partial charge is 0.478 e. The van der Waals surface area contributed by atoms with Gasteiger partial charge in [-0.2, -0.15) is 0 Å². The van der Waals surface area contributed by atoms with Crippen LogP contribution in [-0.2, 0) is 9.47 Å². The third-order valence-electron chi connectivity index (χ3n) is 12.0. The fourth-order valence-electron chi connectivity index (χ4n) is 11.3. The summed E-state index contributed by atoms with van der Waals surface area (Å²) in [5, 5.41) is 0. The van der Waals surface area contributed by atoms with E-state index in [1.54, 1.807) is 0 Å². The number of aliphatic imine (C=N–C) groups is 2. The van der Waals surface area contributed by atoms with Crippen LogP contribution in [0.25, 0.3) is 0 Å². The summed E-state index contributed by atoms with van der Waals surface area (Å²) < 4.78 is 12.8. The molecular formula is C29H42N2O2. The lowest BCUT2D eigenvalue weighted by Gasteiger charge is -2.58. The van der Waals surface area contributed by atoms with Crippen molar-refractivity contribution in [2.45, 2.75) is 103 Å². The van der Waals surface area contributed by atoms with Crippen LogP contribution in [-0.4, -0.2) is 37.1 Å². The highest BCUT2D eigenvalue weighted by molar-refractivity contribution is 6.05. The van der Waals surface area contributed by atoms with Crippen molar-refractivity contribution >= 4 is 11.8 Å². The number of hydrogen-bond acceptors (Lipinski definition) is 4. The third kappa shape index (κ3) is 2.87. The average Bonchev–Trinajstić information content (AvgIpc) is 3.44. The van der Waals surface area contributed by atoms with E-state index in [4.69, 9.17) is 19.5 Å². The van der Waals surface area contributed by atoms with Crippen molar-refractivity contribution < 1.29 is 9.47 Å². The first-order chi connectivity index (χ1) is 15.9. The van der Waals surface area contributed by atoms with Gasteiger partial charge in [-0.05, 0) is 137 Å². The maximum Gasteiger partial charge on any atom is 0.199 e. The lowest BCUT2D eigenvalue weighted by atomic mass is 9.48. The van der Waals surface area contributed by atoms with E-state index in [9.17, 15) is 0 Å². The average molecular weight is 451 g/mol. The first-order valence-corrected chi connectivity index (χ1v) is 14.3. The molecule has 10 aliphatic rings. The molecule has 0 aromatic heterocycles. The van der Waals surface area contributed by atoms with E-state index in [-0.39, 0.29) is 5.41 Å². The lowest BCUT2D eigenvalue weighted by molar-refractivity contribution is -0.0692. The highest BCUT2D eigenvalue weighted by atomic mass is 16.5. The number of nitrogens with zero attached hydrogens (tertiary/aromatic N) is 2. The molecule has 10 rings (SSSR count). The molecule has 2 heterocycles. The molecule has 0 saturated heterocycles. The lowest BCUT2D eigenvalue weighted by Crippen LogP contribution is -2.51. The highest BCUT2D eigenvalue weighted by Gasteiger charge is 2.58. The van der Waals surface area contributed by atoms with Gasteiger partial charge in [0, 0.05) is 0 Å². The van der Waals surface area contributed by atoms with Gasteiger partial charge >= 0.3 is 0 Å². The Hall–Kier alpha value is -1.06. The van der Waals surface area contributed by atoms with Gasteiger partial charge in [-0.1, -0.05) is 0 Å². The molecule has 0 spiro atoms. The van der Waals surface area contributed by atoms with Crippen molar-refractivity contribution in [3.63, 3.8) is 0 Å². The number of rotatable bonds is 4. The van der Waals surface area contributed by atoms with Crippen molar-refractivity contribution in [1.82, 2.24) is 0 Å². The van der Waals surface area contributed by atoms with Crippen molar-refractivity contribution in [3.8, 4) is 0 Å². The van der Waals surface area contributed by atoms with E-state index >= 15 is 0 Å². The molecule has 8 saturated carbocycles. The summed E-state index contributed by atoms with van der Waals surface area (Å²) >= 11 is 0. The molecule has 0 amide bonds. The van der Waals surface area contributed by atoms with Crippen LogP contribution in [0.4, 0.5) is 0 Å². The molecule has 2 atom stereocenters. The van der Waals surface area contributed by atoms with Gasteiger partial charge in [0.05, 0.1) is 12.1 Å². The van der Waals surface area contributed by atoms with Gasteiger partial charge in [0.1, 0.15) is 18.6 Å². The molecule has 0 radical (unpaired) electrons. The van der Waals surface area contributed by atoms with E-state index in [1.807, 2.05) is 0 Å². The van der Waals surface area contributed by atoms with Gasteiger partial charge in [0.2, 0.25) is 0 Å². The molecule has 8 aliphatic carbocycles. The Kier molecular flexibility index (Phi) is 4.02. The molecule has 2 aliphatic heterocycles. The van der Waals surface area contributed by atoms with Crippen molar-refractivity contribution in [3.05, 3.63) is 0 Å². The van der Waals surface area contributed by atoms with E-state index in [2.05, 4.69) is 13.8 Å². The summed E-state index contributed by atoms with van der Waals surface area (Å²) in [6.07, 6.45) is 17.3. The quantitative estimate of drug-likeness (QED) is 0.524. The van der Waals surface area contributed by atoms with E-state index in [0.29, 0.717) is 22.9 Å². The molecule has 4 nitrogen and oxygen atoms in total. The third-order valence-corrected chi connectivity index (χ3v) is 12.0. The number of hydrogen-bond donors (Lipinski definition) is 0. The smallest absolute Gasteiger partial charge is 0.199 e. The summed E-state index contributed by atoms with van der Waals surface area (Å²) in [6, 6.07) is 0.724. The second-order valence-electron chi connectivity index (χ2n) is 14.7. The van der Waals surface area contributed by atoms with Gasteiger partial charge in [-0.15, -0.1) is 0 Å². The number of ether oxygens (including phenoxy) is 2. The van der Waals surface area contributed by atoms with Gasteiger partial charge in [0.25, 0.3) is 0 Å². The first kappa shape index (κ1) is 20.2. The molecule has 33 heavy (non-hydrogen) atoms. The Morgan fingerprint density at radius 3 is 1.18 bits per heavy atom. The van der Waals surface area contributed by atoms with Gasteiger partial charge in [-0.25, -0.2) is 9.98 Å². The SMILES string of the molecule is CC(C)(C1=NC(C23CC4CC(CC(C4)C2)C3)CO1)C1=NC(C23CC4CC(CC(C4)C2)C3)CO1. The Balaban J connectivity index is 1.04. The maximum atomic E-state index is 6.41. The fourth-order valence-corrected chi connectivity index (χ4v) is 11.3.